The van der Waals surface area contributed by atoms with Crippen molar-refractivity contribution < 1.29 is 4.74 Å². The van der Waals surface area contributed by atoms with Gasteiger partial charge < -0.3 is 10.5 Å². The van der Waals surface area contributed by atoms with E-state index in [1.807, 2.05) is 6.07 Å². The van der Waals surface area contributed by atoms with Gasteiger partial charge in [-0.2, -0.15) is 15.0 Å². The van der Waals surface area contributed by atoms with Gasteiger partial charge in [0.15, 0.2) is 5.82 Å². The Morgan fingerprint density at radius 1 is 1.27 bits per heavy atom. The molecule has 6 heteroatoms. The van der Waals surface area contributed by atoms with Crippen LogP contribution in [0.25, 0.3) is 11.4 Å². The summed E-state index contributed by atoms with van der Waals surface area (Å²) in [6.07, 6.45) is 3.32. The van der Waals surface area contributed by atoms with Gasteiger partial charge in [-0.05, 0) is 12.1 Å². The minimum Gasteiger partial charge on any atom is -0.467 e. The van der Waals surface area contributed by atoms with E-state index in [0.717, 1.165) is 5.56 Å². The molecule has 0 unspecified atom stereocenters. The van der Waals surface area contributed by atoms with E-state index in [0.29, 0.717) is 5.82 Å². The third-order valence-corrected chi connectivity index (χ3v) is 1.73. The van der Waals surface area contributed by atoms with E-state index in [1.165, 1.54) is 7.11 Å². The Bertz CT molecular complexity index is 459. The van der Waals surface area contributed by atoms with Gasteiger partial charge in [-0.25, -0.2) is 0 Å². The van der Waals surface area contributed by atoms with E-state index in [4.69, 9.17) is 10.5 Å². The van der Waals surface area contributed by atoms with Gasteiger partial charge in [0, 0.05) is 18.0 Å². The number of hydrogen-bond donors (Lipinski definition) is 1. The molecule has 2 heterocycles. The SMILES string of the molecule is COc1nc(N)nc(-c2cccnc2)n1. The molecule has 0 spiro atoms. The molecule has 0 aliphatic carbocycles. The molecular formula is C9H9N5O. The van der Waals surface area contributed by atoms with Gasteiger partial charge in [-0.3, -0.25) is 4.98 Å². The van der Waals surface area contributed by atoms with Gasteiger partial charge in [0.2, 0.25) is 5.95 Å². The summed E-state index contributed by atoms with van der Waals surface area (Å²) >= 11 is 0. The van der Waals surface area contributed by atoms with Gasteiger partial charge in [0.1, 0.15) is 0 Å². The van der Waals surface area contributed by atoms with Crippen LogP contribution in [0.15, 0.2) is 24.5 Å². The second-order valence-electron chi connectivity index (χ2n) is 2.75. The molecule has 0 saturated heterocycles. The van der Waals surface area contributed by atoms with Gasteiger partial charge >= 0.3 is 6.01 Å². The van der Waals surface area contributed by atoms with Crippen LogP contribution in [0.5, 0.6) is 6.01 Å². The summed E-state index contributed by atoms with van der Waals surface area (Å²) in [6, 6.07) is 3.82. The number of methoxy groups -OCH3 is 1. The Labute approximate surface area is 86.2 Å². The summed E-state index contributed by atoms with van der Waals surface area (Å²) in [7, 11) is 1.47. The zero-order valence-corrected chi connectivity index (χ0v) is 8.08. The van der Waals surface area contributed by atoms with Crippen molar-refractivity contribution in [3.05, 3.63) is 24.5 Å². The van der Waals surface area contributed by atoms with Crippen LogP contribution in [0.1, 0.15) is 0 Å². The maximum absolute atomic E-state index is 5.51. The van der Waals surface area contributed by atoms with E-state index in [-0.39, 0.29) is 12.0 Å². The highest BCUT2D eigenvalue weighted by Crippen LogP contribution is 2.15. The summed E-state index contributed by atoms with van der Waals surface area (Å²) in [6.45, 7) is 0. The van der Waals surface area contributed by atoms with Crippen LogP contribution in [-0.4, -0.2) is 27.0 Å². The fourth-order valence-electron chi connectivity index (χ4n) is 1.09. The number of hydrogen-bond acceptors (Lipinski definition) is 6. The summed E-state index contributed by atoms with van der Waals surface area (Å²) < 4.78 is 4.89. The molecule has 0 amide bonds. The summed E-state index contributed by atoms with van der Waals surface area (Å²) in [5.74, 6) is 0.577. The lowest BCUT2D eigenvalue weighted by Crippen LogP contribution is -2.02. The van der Waals surface area contributed by atoms with Gasteiger partial charge in [-0.15, -0.1) is 0 Å². The van der Waals surface area contributed by atoms with Crippen molar-refractivity contribution in [1.29, 1.82) is 0 Å². The normalized spacial score (nSPS) is 9.93. The quantitative estimate of drug-likeness (QED) is 0.765. The Kier molecular flexibility index (Phi) is 2.40. The molecule has 2 rings (SSSR count). The van der Waals surface area contributed by atoms with Crippen molar-refractivity contribution in [3.63, 3.8) is 0 Å². The molecule has 0 fully saturated rings. The van der Waals surface area contributed by atoms with Crippen LogP contribution < -0.4 is 10.5 Å². The Morgan fingerprint density at radius 2 is 2.13 bits per heavy atom. The van der Waals surface area contributed by atoms with Crippen molar-refractivity contribution >= 4 is 5.95 Å². The van der Waals surface area contributed by atoms with E-state index < -0.39 is 0 Å². The number of nitrogens with two attached hydrogens (primary N) is 1. The maximum Gasteiger partial charge on any atom is 0.321 e. The smallest absolute Gasteiger partial charge is 0.321 e. The highest BCUT2D eigenvalue weighted by Gasteiger charge is 2.06. The second-order valence-corrected chi connectivity index (χ2v) is 2.75. The first-order valence-electron chi connectivity index (χ1n) is 4.25. The largest absolute Gasteiger partial charge is 0.467 e. The number of pyridine rings is 1. The van der Waals surface area contributed by atoms with Crippen LogP contribution >= 0.6 is 0 Å². The standard InChI is InChI=1S/C9H9N5O/c1-15-9-13-7(12-8(10)14-9)6-3-2-4-11-5-6/h2-5H,1H3,(H2,10,12,13,14). The van der Waals surface area contributed by atoms with Crippen LogP contribution in [0.3, 0.4) is 0 Å². The lowest BCUT2D eigenvalue weighted by atomic mass is 10.3. The van der Waals surface area contributed by atoms with Crippen molar-refractivity contribution in [2.24, 2.45) is 0 Å². The van der Waals surface area contributed by atoms with E-state index in [1.54, 1.807) is 18.5 Å². The zero-order valence-electron chi connectivity index (χ0n) is 8.08. The van der Waals surface area contributed by atoms with Crippen LogP contribution in [0.2, 0.25) is 0 Å². The van der Waals surface area contributed by atoms with Gasteiger partial charge in [-0.1, -0.05) is 0 Å². The molecule has 0 bridgehead atoms. The minimum atomic E-state index is 0.126. The molecule has 0 aliphatic heterocycles. The molecule has 15 heavy (non-hydrogen) atoms. The van der Waals surface area contributed by atoms with Crippen LogP contribution in [0, 0.1) is 0 Å². The molecule has 2 aromatic rings. The molecular weight excluding hydrogens is 194 g/mol. The van der Waals surface area contributed by atoms with Gasteiger partial charge in [0.25, 0.3) is 0 Å². The highest BCUT2D eigenvalue weighted by atomic mass is 16.5. The van der Waals surface area contributed by atoms with E-state index >= 15 is 0 Å². The average molecular weight is 203 g/mol. The van der Waals surface area contributed by atoms with Gasteiger partial charge in [0.05, 0.1) is 7.11 Å². The number of anilines is 1. The Balaban J connectivity index is 2.49. The van der Waals surface area contributed by atoms with Crippen LogP contribution in [0.4, 0.5) is 5.95 Å². The van der Waals surface area contributed by atoms with Crippen LogP contribution in [-0.2, 0) is 0 Å². The van der Waals surface area contributed by atoms with E-state index in [2.05, 4.69) is 19.9 Å². The number of nitrogens with zero attached hydrogens (tertiary/aromatic N) is 4. The first-order chi connectivity index (χ1) is 7.29. The molecule has 0 aliphatic rings. The number of ether oxygens (including phenoxy) is 1. The van der Waals surface area contributed by atoms with Crippen molar-refractivity contribution in [3.8, 4) is 17.4 Å². The molecule has 6 nitrogen and oxygen atoms in total. The molecule has 0 aromatic carbocycles. The third kappa shape index (κ3) is 1.98. The lowest BCUT2D eigenvalue weighted by molar-refractivity contribution is 0.379. The maximum atomic E-state index is 5.51. The number of nitrogen functional groups attached to an aromatic ring is 1. The number of rotatable bonds is 2. The molecule has 0 atom stereocenters. The Hall–Kier alpha value is -2.24. The average Bonchev–Trinajstić information content (AvgIpc) is 2.29. The third-order valence-electron chi connectivity index (χ3n) is 1.73. The molecule has 76 valence electrons. The number of aromatic nitrogens is 4. The zero-order chi connectivity index (χ0) is 10.7. The first-order valence-corrected chi connectivity index (χ1v) is 4.25. The molecule has 2 N–H and O–H groups in total. The summed E-state index contributed by atoms with van der Waals surface area (Å²) in [5, 5.41) is 0. The van der Waals surface area contributed by atoms with Crippen molar-refractivity contribution in [2.45, 2.75) is 0 Å². The summed E-state index contributed by atoms with van der Waals surface area (Å²) in [5.41, 5.74) is 6.28. The fraction of sp³-hybridized carbons (Fsp3) is 0.111. The topological polar surface area (TPSA) is 86.8 Å². The monoisotopic (exact) mass is 203 g/mol. The van der Waals surface area contributed by atoms with Crippen molar-refractivity contribution in [2.75, 3.05) is 12.8 Å². The van der Waals surface area contributed by atoms with E-state index in [9.17, 15) is 0 Å². The first kappa shape index (κ1) is 9.32. The predicted octanol–water partition coefficient (Wildman–Crippen LogP) is 0.524. The minimum absolute atomic E-state index is 0.126. The molecule has 2 aromatic heterocycles. The summed E-state index contributed by atoms with van der Waals surface area (Å²) in [4.78, 5) is 15.8. The molecule has 0 radical (unpaired) electrons. The highest BCUT2D eigenvalue weighted by molar-refractivity contribution is 5.54. The molecule has 0 saturated carbocycles. The fourth-order valence-corrected chi connectivity index (χ4v) is 1.09. The predicted molar refractivity (Wildman–Crippen MR) is 54.0 cm³/mol. The lowest BCUT2D eigenvalue weighted by Gasteiger charge is -2.02. The Morgan fingerprint density at radius 3 is 2.80 bits per heavy atom. The second kappa shape index (κ2) is 3.87. The van der Waals surface area contributed by atoms with Crippen molar-refractivity contribution in [1.82, 2.24) is 19.9 Å².